The zero-order valence-electron chi connectivity index (χ0n) is 8.96. The van der Waals surface area contributed by atoms with Crippen LogP contribution in [0.1, 0.15) is 36.8 Å². The highest BCUT2D eigenvalue weighted by Gasteiger charge is 2.40. The Kier molecular flexibility index (Phi) is 2.98. The standard InChI is InChI=1S/C9H11ClF2N2O2/c1-8(2,3)14-6(9(10,11)12)5(4-13-14)7(15)16/h4H,1-3H3,(H,15,16). The van der Waals surface area contributed by atoms with Crippen molar-refractivity contribution < 1.29 is 18.7 Å². The summed E-state index contributed by atoms with van der Waals surface area (Å²) in [5.41, 5.74) is -2.16. The molecule has 90 valence electrons. The molecule has 0 aliphatic carbocycles. The van der Waals surface area contributed by atoms with Crippen molar-refractivity contribution >= 4 is 17.6 Å². The van der Waals surface area contributed by atoms with Gasteiger partial charge in [-0.15, -0.1) is 0 Å². The van der Waals surface area contributed by atoms with Gasteiger partial charge in [0.1, 0.15) is 11.3 Å². The highest BCUT2D eigenvalue weighted by Crippen LogP contribution is 2.36. The third-order valence-electron chi connectivity index (χ3n) is 1.90. The van der Waals surface area contributed by atoms with E-state index in [-0.39, 0.29) is 0 Å². The van der Waals surface area contributed by atoms with Crippen LogP contribution < -0.4 is 0 Å². The Morgan fingerprint density at radius 1 is 1.50 bits per heavy atom. The fourth-order valence-corrected chi connectivity index (χ4v) is 1.47. The van der Waals surface area contributed by atoms with Crippen LogP contribution in [0.5, 0.6) is 0 Å². The normalized spacial score (nSPS) is 12.9. The van der Waals surface area contributed by atoms with E-state index in [0.29, 0.717) is 0 Å². The molecule has 0 fully saturated rings. The molecule has 0 aliphatic rings. The average Bonchev–Trinajstić information content (AvgIpc) is 2.43. The average molecular weight is 253 g/mol. The number of alkyl halides is 3. The summed E-state index contributed by atoms with van der Waals surface area (Å²) in [4.78, 5) is 10.8. The van der Waals surface area contributed by atoms with Gasteiger partial charge in [0.2, 0.25) is 0 Å². The van der Waals surface area contributed by atoms with Gasteiger partial charge in [0.25, 0.3) is 0 Å². The van der Waals surface area contributed by atoms with Gasteiger partial charge in [0.15, 0.2) is 0 Å². The van der Waals surface area contributed by atoms with E-state index < -0.39 is 28.1 Å². The van der Waals surface area contributed by atoms with Gasteiger partial charge in [-0.05, 0) is 32.4 Å². The van der Waals surface area contributed by atoms with Crippen LogP contribution in [0.2, 0.25) is 0 Å². The first kappa shape index (κ1) is 12.9. The van der Waals surface area contributed by atoms with Crippen molar-refractivity contribution in [1.29, 1.82) is 0 Å². The Morgan fingerprint density at radius 3 is 2.31 bits per heavy atom. The number of rotatable bonds is 2. The smallest absolute Gasteiger partial charge is 0.365 e. The molecule has 0 aromatic carbocycles. The Bertz CT molecular complexity index is 418. The van der Waals surface area contributed by atoms with Gasteiger partial charge in [0.05, 0.1) is 11.7 Å². The molecule has 0 saturated carbocycles. The molecular formula is C9H11ClF2N2O2. The summed E-state index contributed by atoms with van der Waals surface area (Å²) in [6.07, 6.45) is 0.874. The predicted molar refractivity (Wildman–Crippen MR) is 53.9 cm³/mol. The van der Waals surface area contributed by atoms with Crippen molar-refractivity contribution in [2.45, 2.75) is 31.7 Å². The molecule has 7 heteroatoms. The molecular weight excluding hydrogens is 242 g/mol. The highest BCUT2D eigenvalue weighted by molar-refractivity contribution is 6.22. The second-order valence-electron chi connectivity index (χ2n) is 4.29. The molecule has 1 aromatic heterocycles. The third kappa shape index (κ3) is 2.32. The number of nitrogens with zero attached hydrogens (tertiary/aromatic N) is 2. The van der Waals surface area contributed by atoms with Gasteiger partial charge in [-0.1, -0.05) is 0 Å². The molecule has 1 N–H and O–H groups in total. The minimum Gasteiger partial charge on any atom is -0.478 e. The minimum absolute atomic E-state index is 0.588. The van der Waals surface area contributed by atoms with Gasteiger partial charge >= 0.3 is 11.4 Å². The number of hydrogen-bond donors (Lipinski definition) is 1. The first-order valence-corrected chi connectivity index (χ1v) is 4.82. The molecule has 1 aromatic rings. The molecule has 0 radical (unpaired) electrons. The zero-order valence-corrected chi connectivity index (χ0v) is 9.72. The molecule has 0 bridgehead atoms. The van der Waals surface area contributed by atoms with Crippen LogP contribution in [0, 0.1) is 0 Å². The van der Waals surface area contributed by atoms with E-state index in [1.165, 1.54) is 0 Å². The maximum atomic E-state index is 13.1. The van der Waals surface area contributed by atoms with Crippen molar-refractivity contribution in [2.24, 2.45) is 0 Å². The summed E-state index contributed by atoms with van der Waals surface area (Å²) in [5, 5.41) is 8.64. The summed E-state index contributed by atoms with van der Waals surface area (Å²) in [6.45, 7) is 4.87. The van der Waals surface area contributed by atoms with Gasteiger partial charge in [-0.25, -0.2) is 4.79 Å². The lowest BCUT2D eigenvalue weighted by Gasteiger charge is -2.24. The largest absolute Gasteiger partial charge is 0.478 e. The Morgan fingerprint density at radius 2 is 2.00 bits per heavy atom. The third-order valence-corrected chi connectivity index (χ3v) is 2.08. The first-order valence-electron chi connectivity index (χ1n) is 4.44. The highest BCUT2D eigenvalue weighted by atomic mass is 35.5. The second-order valence-corrected chi connectivity index (χ2v) is 4.77. The topological polar surface area (TPSA) is 55.1 Å². The van der Waals surface area contributed by atoms with E-state index in [2.05, 4.69) is 5.10 Å². The van der Waals surface area contributed by atoms with E-state index >= 15 is 0 Å². The number of hydrogen-bond acceptors (Lipinski definition) is 2. The van der Waals surface area contributed by atoms with Gasteiger partial charge in [-0.2, -0.15) is 13.9 Å². The molecule has 0 unspecified atom stereocenters. The second kappa shape index (κ2) is 3.69. The molecule has 16 heavy (non-hydrogen) atoms. The van der Waals surface area contributed by atoms with Crippen molar-refractivity contribution in [3.63, 3.8) is 0 Å². The number of carboxylic acid groups (broad SMARTS) is 1. The van der Waals surface area contributed by atoms with E-state index in [9.17, 15) is 13.6 Å². The van der Waals surface area contributed by atoms with Crippen molar-refractivity contribution in [1.82, 2.24) is 9.78 Å². The monoisotopic (exact) mass is 252 g/mol. The first-order chi connectivity index (χ1) is 7.05. The molecule has 4 nitrogen and oxygen atoms in total. The van der Waals surface area contributed by atoms with Gasteiger partial charge < -0.3 is 5.11 Å². The molecule has 0 atom stereocenters. The van der Waals surface area contributed by atoms with Gasteiger partial charge in [0, 0.05) is 0 Å². The van der Waals surface area contributed by atoms with Crippen molar-refractivity contribution in [3.8, 4) is 0 Å². The number of aromatic nitrogens is 2. The van der Waals surface area contributed by atoms with E-state index in [0.717, 1.165) is 10.9 Å². The molecule has 0 spiro atoms. The fraction of sp³-hybridized carbons (Fsp3) is 0.556. The zero-order chi connectivity index (χ0) is 12.7. The molecule has 0 aliphatic heterocycles. The Labute approximate surface area is 95.8 Å². The minimum atomic E-state index is -3.77. The molecule has 0 saturated heterocycles. The number of carbonyl (C=O) groups is 1. The van der Waals surface area contributed by atoms with Crippen molar-refractivity contribution in [2.75, 3.05) is 0 Å². The van der Waals surface area contributed by atoms with Crippen LogP contribution in [0.25, 0.3) is 0 Å². The van der Waals surface area contributed by atoms with E-state index in [1.807, 2.05) is 0 Å². The fourth-order valence-electron chi connectivity index (χ4n) is 1.29. The summed E-state index contributed by atoms with van der Waals surface area (Å²) in [6, 6.07) is 0. The van der Waals surface area contributed by atoms with Crippen molar-refractivity contribution in [3.05, 3.63) is 17.5 Å². The maximum Gasteiger partial charge on any atom is 0.365 e. The molecule has 1 heterocycles. The number of aromatic carboxylic acids is 1. The number of halogens is 3. The van der Waals surface area contributed by atoms with Crippen LogP contribution in [-0.4, -0.2) is 20.9 Å². The quantitative estimate of drug-likeness (QED) is 0.823. The molecule has 0 amide bonds. The van der Waals surface area contributed by atoms with Crippen LogP contribution in [0.15, 0.2) is 6.20 Å². The summed E-state index contributed by atoms with van der Waals surface area (Å²) in [5.74, 6) is -1.48. The number of carboxylic acids is 1. The summed E-state index contributed by atoms with van der Waals surface area (Å²) in [7, 11) is 0. The van der Waals surface area contributed by atoms with Crippen LogP contribution >= 0.6 is 11.6 Å². The maximum absolute atomic E-state index is 13.1. The van der Waals surface area contributed by atoms with Crippen LogP contribution in [0.4, 0.5) is 8.78 Å². The predicted octanol–water partition coefficient (Wildman–Crippen LogP) is 2.62. The van der Waals surface area contributed by atoms with Crippen LogP contribution in [0.3, 0.4) is 0 Å². The Balaban J connectivity index is 3.50. The van der Waals surface area contributed by atoms with Gasteiger partial charge in [-0.3, -0.25) is 4.68 Å². The van der Waals surface area contributed by atoms with Crippen LogP contribution in [-0.2, 0) is 10.9 Å². The lowest BCUT2D eigenvalue weighted by atomic mass is 10.1. The Hall–Kier alpha value is -1.17. The van der Waals surface area contributed by atoms with E-state index in [4.69, 9.17) is 16.7 Å². The summed E-state index contributed by atoms with van der Waals surface area (Å²) < 4.78 is 27.2. The lowest BCUT2D eigenvalue weighted by molar-refractivity contribution is 0.0622. The SMILES string of the molecule is CC(C)(C)n1ncc(C(=O)O)c1C(F)(F)Cl. The van der Waals surface area contributed by atoms with E-state index in [1.54, 1.807) is 20.8 Å². The lowest BCUT2D eigenvalue weighted by Crippen LogP contribution is -2.29. The molecule has 1 rings (SSSR count). The summed E-state index contributed by atoms with van der Waals surface area (Å²) >= 11 is 4.90.